The number of hydrogen-bond donors (Lipinski definition) is 0. The fourth-order valence-corrected chi connectivity index (χ4v) is 3.59. The summed E-state index contributed by atoms with van der Waals surface area (Å²) in [6, 6.07) is 7.51. The zero-order valence-electron chi connectivity index (χ0n) is 14.6. The molecular weight excluding hydrogens is 357 g/mol. The second-order valence-electron chi connectivity index (χ2n) is 7.23. The van der Waals surface area contributed by atoms with E-state index in [0.29, 0.717) is 29.5 Å². The van der Waals surface area contributed by atoms with Crippen LogP contribution < -0.4 is 0 Å². The first-order valence-corrected chi connectivity index (χ1v) is 12.3. The van der Waals surface area contributed by atoms with Gasteiger partial charge >= 0.3 is 0 Å². The van der Waals surface area contributed by atoms with Gasteiger partial charge in [0.15, 0.2) is 0 Å². The van der Waals surface area contributed by atoms with Crippen LogP contribution in [0.2, 0.25) is 30.8 Å². The van der Waals surface area contributed by atoms with E-state index < -0.39 is 8.07 Å². The molecular formula is C18H21ClFN3OSi. The summed E-state index contributed by atoms with van der Waals surface area (Å²) in [5.74, 6) is -0.294. The Hall–Kier alpha value is -1.76. The standard InChI is InChI=1S/C18H21ClFN3OSi/c1-25(2,3)8-7-24-12-23-10-15(13-5-4-6-14(20)9-13)16-17(19)21-11-22-18(16)23/h4-6,9-11H,7-8,12H2,1-3H3. The SMILES string of the molecule is C[Si](C)(C)CCOCn1cc(-c2cccc(F)c2)c2c(Cl)ncnc21. The quantitative estimate of drug-likeness (QED) is 0.336. The summed E-state index contributed by atoms with van der Waals surface area (Å²) in [4.78, 5) is 8.41. The number of nitrogens with zero attached hydrogens (tertiary/aromatic N) is 3. The summed E-state index contributed by atoms with van der Waals surface area (Å²) < 4.78 is 21.4. The third kappa shape index (κ3) is 4.26. The van der Waals surface area contributed by atoms with E-state index in [4.69, 9.17) is 16.3 Å². The molecule has 0 aliphatic carbocycles. The number of rotatable bonds is 6. The van der Waals surface area contributed by atoms with E-state index in [2.05, 4.69) is 29.6 Å². The van der Waals surface area contributed by atoms with Crippen molar-refractivity contribution in [2.24, 2.45) is 0 Å². The van der Waals surface area contributed by atoms with Gasteiger partial charge in [0.2, 0.25) is 0 Å². The zero-order valence-corrected chi connectivity index (χ0v) is 16.3. The van der Waals surface area contributed by atoms with Crippen molar-refractivity contribution in [1.82, 2.24) is 14.5 Å². The molecule has 0 unspecified atom stereocenters. The molecule has 3 aromatic rings. The first-order chi connectivity index (χ1) is 11.8. The Balaban J connectivity index is 1.93. The lowest BCUT2D eigenvalue weighted by atomic mass is 10.1. The number of benzene rings is 1. The smallest absolute Gasteiger partial charge is 0.147 e. The van der Waals surface area contributed by atoms with Gasteiger partial charge in [0.1, 0.15) is 29.7 Å². The van der Waals surface area contributed by atoms with E-state index in [-0.39, 0.29) is 5.82 Å². The fraction of sp³-hybridized carbons (Fsp3) is 0.333. The van der Waals surface area contributed by atoms with Crippen molar-refractivity contribution in [2.45, 2.75) is 32.4 Å². The highest BCUT2D eigenvalue weighted by Crippen LogP contribution is 2.33. The number of ether oxygens (including phenoxy) is 1. The second kappa shape index (κ2) is 7.23. The lowest BCUT2D eigenvalue weighted by Crippen LogP contribution is -2.22. The number of aromatic nitrogens is 3. The number of hydrogen-bond acceptors (Lipinski definition) is 3. The van der Waals surface area contributed by atoms with E-state index in [1.807, 2.05) is 16.8 Å². The summed E-state index contributed by atoms with van der Waals surface area (Å²) >= 11 is 6.29. The first-order valence-electron chi connectivity index (χ1n) is 8.18. The van der Waals surface area contributed by atoms with Gasteiger partial charge in [-0.15, -0.1) is 0 Å². The van der Waals surface area contributed by atoms with Crippen LogP contribution in [0.15, 0.2) is 36.8 Å². The molecule has 0 saturated carbocycles. The van der Waals surface area contributed by atoms with Crippen LogP contribution in [0.3, 0.4) is 0 Å². The van der Waals surface area contributed by atoms with Crippen molar-refractivity contribution >= 4 is 30.7 Å². The minimum atomic E-state index is -1.13. The van der Waals surface area contributed by atoms with Gasteiger partial charge in [-0.05, 0) is 23.7 Å². The van der Waals surface area contributed by atoms with E-state index in [1.165, 1.54) is 18.5 Å². The van der Waals surface area contributed by atoms with Crippen LogP contribution in [0.5, 0.6) is 0 Å². The summed E-state index contributed by atoms with van der Waals surface area (Å²) in [5.41, 5.74) is 2.23. The average molecular weight is 378 g/mol. The van der Waals surface area contributed by atoms with Crippen molar-refractivity contribution in [3.63, 3.8) is 0 Å². The van der Waals surface area contributed by atoms with Gasteiger partial charge in [-0.2, -0.15) is 0 Å². The number of halogens is 2. The van der Waals surface area contributed by atoms with Crippen molar-refractivity contribution in [2.75, 3.05) is 6.61 Å². The summed E-state index contributed by atoms with van der Waals surface area (Å²) in [5, 5.41) is 1.06. The predicted molar refractivity (Wildman–Crippen MR) is 102 cm³/mol. The number of fused-ring (bicyclic) bond motifs is 1. The van der Waals surface area contributed by atoms with Gasteiger partial charge in [0.25, 0.3) is 0 Å². The minimum Gasteiger partial charge on any atom is -0.361 e. The van der Waals surface area contributed by atoms with Crippen LogP contribution in [0.1, 0.15) is 0 Å². The van der Waals surface area contributed by atoms with Crippen molar-refractivity contribution in [3.05, 3.63) is 47.8 Å². The molecule has 2 aromatic heterocycles. The summed E-state index contributed by atoms with van der Waals surface area (Å²) in [6.45, 7) is 8.04. The summed E-state index contributed by atoms with van der Waals surface area (Å²) in [7, 11) is -1.13. The van der Waals surface area contributed by atoms with E-state index in [1.54, 1.807) is 6.07 Å². The van der Waals surface area contributed by atoms with Gasteiger partial charge in [-0.3, -0.25) is 0 Å². The molecule has 3 rings (SSSR count). The van der Waals surface area contributed by atoms with Gasteiger partial charge in [-0.25, -0.2) is 14.4 Å². The second-order valence-corrected chi connectivity index (χ2v) is 13.2. The molecule has 0 bridgehead atoms. The molecule has 0 amide bonds. The molecule has 0 N–H and O–H groups in total. The lowest BCUT2D eigenvalue weighted by Gasteiger charge is -2.15. The maximum absolute atomic E-state index is 13.6. The Morgan fingerprint density at radius 1 is 1.24 bits per heavy atom. The Morgan fingerprint density at radius 3 is 2.76 bits per heavy atom. The first kappa shape index (κ1) is 18.0. The molecule has 0 radical (unpaired) electrons. The molecule has 0 aliphatic heterocycles. The van der Waals surface area contributed by atoms with Crippen LogP contribution >= 0.6 is 11.6 Å². The largest absolute Gasteiger partial charge is 0.361 e. The zero-order chi connectivity index (χ0) is 18.0. The average Bonchev–Trinajstić information content (AvgIpc) is 2.91. The van der Waals surface area contributed by atoms with Gasteiger partial charge in [0, 0.05) is 26.4 Å². The maximum atomic E-state index is 13.6. The third-order valence-electron chi connectivity index (χ3n) is 3.97. The van der Waals surface area contributed by atoms with E-state index in [9.17, 15) is 4.39 Å². The highest BCUT2D eigenvalue weighted by atomic mass is 35.5. The summed E-state index contributed by atoms with van der Waals surface area (Å²) in [6.07, 6.45) is 3.33. The highest BCUT2D eigenvalue weighted by molar-refractivity contribution is 6.76. The molecule has 0 fully saturated rings. The molecule has 0 atom stereocenters. The molecule has 1 aromatic carbocycles. The van der Waals surface area contributed by atoms with Gasteiger partial charge in [-0.1, -0.05) is 43.4 Å². The monoisotopic (exact) mass is 377 g/mol. The topological polar surface area (TPSA) is 39.9 Å². The van der Waals surface area contributed by atoms with E-state index >= 15 is 0 Å². The molecule has 0 saturated heterocycles. The van der Waals surface area contributed by atoms with Crippen LogP contribution in [-0.4, -0.2) is 29.2 Å². The lowest BCUT2D eigenvalue weighted by molar-refractivity contribution is 0.0899. The Morgan fingerprint density at radius 2 is 2.04 bits per heavy atom. The van der Waals surface area contributed by atoms with Crippen LogP contribution in [0.25, 0.3) is 22.2 Å². The molecule has 132 valence electrons. The van der Waals surface area contributed by atoms with Crippen LogP contribution in [-0.2, 0) is 11.5 Å². The van der Waals surface area contributed by atoms with Gasteiger partial charge < -0.3 is 9.30 Å². The van der Waals surface area contributed by atoms with Crippen molar-refractivity contribution in [3.8, 4) is 11.1 Å². The van der Waals surface area contributed by atoms with Crippen molar-refractivity contribution in [1.29, 1.82) is 0 Å². The van der Waals surface area contributed by atoms with Gasteiger partial charge in [0.05, 0.1) is 5.39 Å². The Kier molecular flexibility index (Phi) is 5.22. The van der Waals surface area contributed by atoms with E-state index in [0.717, 1.165) is 17.2 Å². The van der Waals surface area contributed by atoms with Crippen LogP contribution in [0, 0.1) is 5.82 Å². The Labute approximate surface area is 152 Å². The fourth-order valence-electron chi connectivity index (χ4n) is 2.60. The predicted octanol–water partition coefficient (Wildman–Crippen LogP) is 5.20. The molecule has 7 heteroatoms. The molecule has 4 nitrogen and oxygen atoms in total. The van der Waals surface area contributed by atoms with Crippen molar-refractivity contribution < 1.29 is 9.13 Å². The molecule has 25 heavy (non-hydrogen) atoms. The normalized spacial score (nSPS) is 12.0. The minimum absolute atomic E-state index is 0.294. The molecule has 0 aliphatic rings. The highest BCUT2D eigenvalue weighted by Gasteiger charge is 2.16. The molecule has 0 spiro atoms. The third-order valence-corrected chi connectivity index (χ3v) is 5.96. The molecule has 2 heterocycles. The van der Waals surface area contributed by atoms with Crippen LogP contribution in [0.4, 0.5) is 4.39 Å². The maximum Gasteiger partial charge on any atom is 0.147 e. The Bertz CT molecular complexity index is 892.